The fourth-order valence-electron chi connectivity index (χ4n) is 2.98. The highest BCUT2D eigenvalue weighted by Gasteiger charge is 2.14. The lowest BCUT2D eigenvalue weighted by atomic mass is 10.1. The molecule has 28 heavy (non-hydrogen) atoms. The van der Waals surface area contributed by atoms with Crippen molar-refractivity contribution in [1.29, 1.82) is 0 Å². The zero-order valence-corrected chi connectivity index (χ0v) is 16.0. The van der Waals surface area contributed by atoms with E-state index in [1.807, 2.05) is 62.4 Å². The Balaban J connectivity index is 1.78. The van der Waals surface area contributed by atoms with Gasteiger partial charge in [0.2, 0.25) is 0 Å². The molecule has 2 aromatic carbocycles. The van der Waals surface area contributed by atoms with Crippen molar-refractivity contribution < 1.29 is 9.59 Å². The summed E-state index contributed by atoms with van der Waals surface area (Å²) in [5, 5.41) is 5.80. The van der Waals surface area contributed by atoms with Gasteiger partial charge in [-0.3, -0.25) is 14.6 Å². The van der Waals surface area contributed by atoms with Crippen LogP contribution in [0.5, 0.6) is 0 Å². The van der Waals surface area contributed by atoms with E-state index in [0.29, 0.717) is 11.1 Å². The van der Waals surface area contributed by atoms with Gasteiger partial charge in [0.25, 0.3) is 11.8 Å². The molecular weight excluding hydrogens is 350 g/mol. The summed E-state index contributed by atoms with van der Waals surface area (Å²) < 4.78 is 0. The summed E-state index contributed by atoms with van der Waals surface area (Å²) in [5.74, 6) is -0.589. The van der Waals surface area contributed by atoms with E-state index in [4.69, 9.17) is 0 Å². The standard InChI is InChI=1S/C23H23N3O2/c1-3-16-9-5-7-11-20(16)25-22(27)18-13-19(15-24-14-18)23(28)26-21-12-8-6-10-17(21)4-2/h5-15H,3-4H2,1-2H3,(H,25,27)(H,26,28). The molecule has 0 saturated heterocycles. The van der Waals surface area contributed by atoms with Gasteiger partial charge in [0.05, 0.1) is 11.1 Å². The number of aryl methyl sites for hydroxylation is 2. The Bertz CT molecular complexity index is 922. The van der Waals surface area contributed by atoms with Crippen LogP contribution in [0.15, 0.2) is 67.0 Å². The second-order valence-electron chi connectivity index (χ2n) is 6.39. The normalized spacial score (nSPS) is 10.4. The average molecular weight is 373 g/mol. The van der Waals surface area contributed by atoms with Crippen LogP contribution < -0.4 is 10.6 Å². The molecule has 5 nitrogen and oxygen atoms in total. The molecule has 0 spiro atoms. The molecule has 0 aliphatic heterocycles. The highest BCUT2D eigenvalue weighted by Crippen LogP contribution is 2.18. The van der Waals surface area contributed by atoms with E-state index in [-0.39, 0.29) is 11.8 Å². The third kappa shape index (κ3) is 4.43. The van der Waals surface area contributed by atoms with Crippen LogP contribution in [0.2, 0.25) is 0 Å². The third-order valence-corrected chi connectivity index (χ3v) is 4.56. The monoisotopic (exact) mass is 373 g/mol. The number of rotatable bonds is 6. The minimum atomic E-state index is -0.294. The van der Waals surface area contributed by atoms with Crippen molar-refractivity contribution in [3.8, 4) is 0 Å². The third-order valence-electron chi connectivity index (χ3n) is 4.56. The van der Waals surface area contributed by atoms with Crippen LogP contribution in [0.1, 0.15) is 45.7 Å². The number of hydrogen-bond donors (Lipinski definition) is 2. The molecule has 0 atom stereocenters. The lowest BCUT2D eigenvalue weighted by Crippen LogP contribution is -2.17. The van der Waals surface area contributed by atoms with Crippen molar-refractivity contribution in [2.24, 2.45) is 0 Å². The molecule has 142 valence electrons. The number of hydrogen-bond acceptors (Lipinski definition) is 3. The molecule has 0 unspecified atom stereocenters. The minimum absolute atomic E-state index is 0.294. The van der Waals surface area contributed by atoms with Gasteiger partial charge in [-0.25, -0.2) is 0 Å². The average Bonchev–Trinajstić information content (AvgIpc) is 2.74. The fraction of sp³-hybridized carbons (Fsp3) is 0.174. The molecule has 0 radical (unpaired) electrons. The highest BCUT2D eigenvalue weighted by molar-refractivity contribution is 6.08. The Morgan fingerprint density at radius 3 is 1.61 bits per heavy atom. The molecule has 0 aliphatic carbocycles. The lowest BCUT2D eigenvalue weighted by Gasteiger charge is -2.11. The quantitative estimate of drug-likeness (QED) is 0.657. The predicted octanol–water partition coefficient (Wildman–Crippen LogP) is 4.71. The van der Waals surface area contributed by atoms with Crippen molar-refractivity contribution in [1.82, 2.24) is 4.98 Å². The van der Waals surface area contributed by atoms with Crippen molar-refractivity contribution in [3.63, 3.8) is 0 Å². The molecule has 3 rings (SSSR count). The number of pyridine rings is 1. The predicted molar refractivity (Wildman–Crippen MR) is 112 cm³/mol. The van der Waals surface area contributed by atoms with Gasteiger partial charge in [-0.05, 0) is 42.2 Å². The number of amides is 2. The maximum atomic E-state index is 12.6. The smallest absolute Gasteiger partial charge is 0.257 e. The number of anilines is 2. The number of nitrogens with zero attached hydrogens (tertiary/aromatic N) is 1. The molecule has 1 heterocycles. The Labute approximate surface area is 164 Å². The van der Waals surface area contributed by atoms with Crippen LogP contribution in [0.4, 0.5) is 11.4 Å². The lowest BCUT2D eigenvalue weighted by molar-refractivity contribution is 0.102. The van der Waals surface area contributed by atoms with Gasteiger partial charge in [-0.1, -0.05) is 50.2 Å². The van der Waals surface area contributed by atoms with Crippen LogP contribution in [-0.2, 0) is 12.8 Å². The van der Waals surface area contributed by atoms with Gasteiger partial charge >= 0.3 is 0 Å². The molecule has 0 aliphatic rings. The van der Waals surface area contributed by atoms with Crippen molar-refractivity contribution in [3.05, 3.63) is 89.2 Å². The number of nitrogens with one attached hydrogen (secondary N) is 2. The number of para-hydroxylation sites is 2. The molecule has 0 fully saturated rings. The molecule has 0 saturated carbocycles. The van der Waals surface area contributed by atoms with Gasteiger partial charge in [0.15, 0.2) is 0 Å². The SMILES string of the molecule is CCc1ccccc1NC(=O)c1cncc(C(=O)Nc2ccccc2CC)c1. The van der Waals surface area contributed by atoms with Crippen molar-refractivity contribution >= 4 is 23.2 Å². The second-order valence-corrected chi connectivity index (χ2v) is 6.39. The molecule has 2 N–H and O–H groups in total. The summed E-state index contributed by atoms with van der Waals surface area (Å²) in [7, 11) is 0. The zero-order chi connectivity index (χ0) is 19.9. The number of aromatic nitrogens is 1. The summed E-state index contributed by atoms with van der Waals surface area (Å²) in [4.78, 5) is 29.3. The number of carbonyl (C=O) groups is 2. The van der Waals surface area contributed by atoms with Crippen LogP contribution in [0.3, 0.4) is 0 Å². The summed E-state index contributed by atoms with van der Waals surface area (Å²) in [6.07, 6.45) is 4.54. The van der Waals surface area contributed by atoms with Gasteiger partial charge in [0, 0.05) is 23.8 Å². The van der Waals surface area contributed by atoms with Crippen LogP contribution in [0.25, 0.3) is 0 Å². The molecule has 1 aromatic heterocycles. The Kier molecular flexibility index (Phi) is 6.17. The van der Waals surface area contributed by atoms with E-state index in [1.165, 1.54) is 12.4 Å². The molecule has 3 aromatic rings. The van der Waals surface area contributed by atoms with E-state index >= 15 is 0 Å². The minimum Gasteiger partial charge on any atom is -0.322 e. The first-order valence-corrected chi connectivity index (χ1v) is 9.36. The van der Waals surface area contributed by atoms with Crippen molar-refractivity contribution in [2.45, 2.75) is 26.7 Å². The molecule has 5 heteroatoms. The van der Waals surface area contributed by atoms with Gasteiger partial charge in [0.1, 0.15) is 0 Å². The first-order valence-electron chi connectivity index (χ1n) is 9.36. The summed E-state index contributed by atoms with van der Waals surface area (Å²) in [6.45, 7) is 4.07. The largest absolute Gasteiger partial charge is 0.322 e. The van der Waals surface area contributed by atoms with Gasteiger partial charge in [-0.15, -0.1) is 0 Å². The topological polar surface area (TPSA) is 71.1 Å². The fourth-order valence-corrected chi connectivity index (χ4v) is 2.98. The zero-order valence-electron chi connectivity index (χ0n) is 16.0. The van der Waals surface area contributed by atoms with Crippen LogP contribution in [0, 0.1) is 0 Å². The Morgan fingerprint density at radius 2 is 1.18 bits per heavy atom. The highest BCUT2D eigenvalue weighted by atomic mass is 16.2. The number of carbonyl (C=O) groups excluding carboxylic acids is 2. The van der Waals surface area contributed by atoms with Gasteiger partial charge < -0.3 is 10.6 Å². The van der Waals surface area contributed by atoms with E-state index in [9.17, 15) is 9.59 Å². The molecule has 2 amide bonds. The van der Waals surface area contributed by atoms with Gasteiger partial charge in [-0.2, -0.15) is 0 Å². The van der Waals surface area contributed by atoms with E-state index in [0.717, 1.165) is 35.3 Å². The first-order chi connectivity index (χ1) is 13.6. The first kappa shape index (κ1) is 19.3. The maximum Gasteiger partial charge on any atom is 0.257 e. The second kappa shape index (κ2) is 8.95. The summed E-state index contributed by atoms with van der Waals surface area (Å²) >= 11 is 0. The van der Waals surface area contributed by atoms with Crippen LogP contribution >= 0.6 is 0 Å². The van der Waals surface area contributed by atoms with E-state index in [1.54, 1.807) is 6.07 Å². The molecule has 0 bridgehead atoms. The van der Waals surface area contributed by atoms with Crippen LogP contribution in [-0.4, -0.2) is 16.8 Å². The molecular formula is C23H23N3O2. The summed E-state index contributed by atoms with van der Waals surface area (Å²) in [6, 6.07) is 16.9. The Morgan fingerprint density at radius 1 is 0.750 bits per heavy atom. The summed E-state index contributed by atoms with van der Waals surface area (Å²) in [5.41, 5.74) is 4.30. The van der Waals surface area contributed by atoms with Crippen molar-refractivity contribution in [2.75, 3.05) is 10.6 Å². The van der Waals surface area contributed by atoms with E-state index in [2.05, 4.69) is 15.6 Å². The Hall–Kier alpha value is -3.47. The number of benzene rings is 2. The maximum absolute atomic E-state index is 12.6. The van der Waals surface area contributed by atoms with E-state index < -0.39 is 0 Å².